The third-order valence-corrected chi connectivity index (χ3v) is 2.97. The van der Waals surface area contributed by atoms with Crippen LogP contribution in [0.15, 0.2) is 24.3 Å². The third-order valence-electron chi connectivity index (χ3n) is 2.97. The minimum Gasteiger partial charge on any atom is -0.480 e. The van der Waals surface area contributed by atoms with Gasteiger partial charge in [-0.2, -0.15) is 0 Å². The Bertz CT molecular complexity index is 545. The van der Waals surface area contributed by atoms with E-state index in [9.17, 15) is 14.4 Å². The number of hydrogen-bond donors (Lipinski definition) is 3. The molecule has 114 valence electrons. The highest BCUT2D eigenvalue weighted by Gasteiger charge is 2.22. The largest absolute Gasteiger partial charge is 0.480 e. The maximum atomic E-state index is 12.0. The Labute approximate surface area is 122 Å². The van der Waals surface area contributed by atoms with Gasteiger partial charge in [0, 0.05) is 19.2 Å². The molecule has 4 N–H and O–H groups in total. The number of urea groups is 1. The van der Waals surface area contributed by atoms with Crippen LogP contribution in [-0.4, -0.2) is 36.1 Å². The monoisotopic (exact) mass is 293 g/mol. The zero-order chi connectivity index (χ0) is 16.0. The number of rotatable bonds is 6. The second-order valence-corrected chi connectivity index (χ2v) is 4.74. The molecule has 1 rings (SSSR count). The van der Waals surface area contributed by atoms with Crippen molar-refractivity contribution in [2.75, 3.05) is 11.9 Å². The van der Waals surface area contributed by atoms with Gasteiger partial charge in [-0.3, -0.25) is 9.69 Å². The molecule has 0 bridgehead atoms. The van der Waals surface area contributed by atoms with Crippen molar-refractivity contribution in [3.8, 4) is 0 Å². The molecule has 0 spiro atoms. The highest BCUT2D eigenvalue weighted by atomic mass is 16.4. The number of nitrogens with two attached hydrogens (primary N) is 1. The van der Waals surface area contributed by atoms with Crippen LogP contribution >= 0.6 is 0 Å². The molecule has 3 amide bonds. The molecule has 21 heavy (non-hydrogen) atoms. The maximum Gasteiger partial charge on any atom is 0.326 e. The molecule has 0 heterocycles. The maximum absolute atomic E-state index is 12.0. The summed E-state index contributed by atoms with van der Waals surface area (Å²) < 4.78 is 0. The van der Waals surface area contributed by atoms with Gasteiger partial charge in [-0.05, 0) is 31.0 Å². The Hall–Kier alpha value is -2.57. The van der Waals surface area contributed by atoms with Crippen molar-refractivity contribution in [1.82, 2.24) is 5.32 Å². The molecule has 7 nitrogen and oxygen atoms in total. The van der Waals surface area contributed by atoms with Crippen LogP contribution in [0.5, 0.6) is 0 Å². The van der Waals surface area contributed by atoms with E-state index < -0.39 is 23.9 Å². The number of hydrogen-bond acceptors (Lipinski definition) is 3. The van der Waals surface area contributed by atoms with Gasteiger partial charge in [-0.15, -0.1) is 0 Å². The lowest BCUT2D eigenvalue weighted by molar-refractivity contribution is -0.139. The van der Waals surface area contributed by atoms with Crippen molar-refractivity contribution >= 4 is 23.6 Å². The molecule has 0 saturated heterocycles. The molecule has 1 aromatic carbocycles. The van der Waals surface area contributed by atoms with E-state index in [0.29, 0.717) is 5.69 Å². The lowest BCUT2D eigenvalue weighted by atomic mass is 10.1. The van der Waals surface area contributed by atoms with Crippen LogP contribution in [0.25, 0.3) is 0 Å². The number of carboxylic acid groups (broad SMARTS) is 1. The first-order valence-corrected chi connectivity index (χ1v) is 6.43. The summed E-state index contributed by atoms with van der Waals surface area (Å²) in [6.07, 6.45) is -0.149. The van der Waals surface area contributed by atoms with Crippen molar-refractivity contribution in [3.05, 3.63) is 29.8 Å². The van der Waals surface area contributed by atoms with Gasteiger partial charge in [0.25, 0.3) is 0 Å². The fraction of sp³-hybridized carbons (Fsp3) is 0.357. The normalized spacial score (nSPS) is 11.5. The Morgan fingerprint density at radius 3 is 2.57 bits per heavy atom. The molecule has 0 aliphatic heterocycles. The Kier molecular flexibility index (Phi) is 5.71. The van der Waals surface area contributed by atoms with Crippen molar-refractivity contribution < 1.29 is 19.5 Å². The number of amides is 3. The molecule has 0 radical (unpaired) electrons. The SMILES string of the molecule is Cc1cccc(N(C)C(=O)N[C@H](CCC(N)=O)C(=O)O)c1. The zero-order valence-electron chi connectivity index (χ0n) is 12.0. The standard InChI is InChI=1S/C14H19N3O4/c1-9-4-3-5-10(8-9)17(2)14(21)16-11(13(19)20)6-7-12(15)18/h3-5,8,11H,6-7H2,1-2H3,(H2,15,18)(H,16,21)(H,19,20)/t11-/m1/s1. The minimum absolute atomic E-state index is 0.0436. The first kappa shape index (κ1) is 16.5. The van der Waals surface area contributed by atoms with Crippen LogP contribution in [-0.2, 0) is 9.59 Å². The highest BCUT2D eigenvalue weighted by molar-refractivity contribution is 5.94. The number of benzene rings is 1. The van der Waals surface area contributed by atoms with Crippen molar-refractivity contribution in [2.24, 2.45) is 5.73 Å². The topological polar surface area (TPSA) is 113 Å². The number of primary amides is 1. The fourth-order valence-corrected chi connectivity index (χ4v) is 1.74. The predicted molar refractivity (Wildman–Crippen MR) is 78.0 cm³/mol. The van der Waals surface area contributed by atoms with Crippen LogP contribution in [0, 0.1) is 6.92 Å². The van der Waals surface area contributed by atoms with Crippen LogP contribution in [0.3, 0.4) is 0 Å². The van der Waals surface area contributed by atoms with E-state index in [4.69, 9.17) is 10.8 Å². The van der Waals surface area contributed by atoms with Gasteiger partial charge in [-0.1, -0.05) is 12.1 Å². The molecule has 1 aromatic rings. The molecule has 1 atom stereocenters. The molecule has 7 heteroatoms. The minimum atomic E-state index is -1.21. The number of nitrogens with one attached hydrogen (secondary N) is 1. The average molecular weight is 293 g/mol. The Morgan fingerprint density at radius 2 is 2.05 bits per heavy atom. The summed E-state index contributed by atoms with van der Waals surface area (Å²) in [6.45, 7) is 1.89. The smallest absolute Gasteiger partial charge is 0.326 e. The van der Waals surface area contributed by atoms with E-state index in [1.165, 1.54) is 11.9 Å². The summed E-state index contributed by atoms with van der Waals surface area (Å²) in [5.74, 6) is -1.82. The molecule has 0 aliphatic carbocycles. The van der Waals surface area contributed by atoms with Gasteiger partial charge in [0.15, 0.2) is 0 Å². The number of aryl methyl sites for hydroxylation is 1. The summed E-state index contributed by atoms with van der Waals surface area (Å²) in [5.41, 5.74) is 6.61. The second-order valence-electron chi connectivity index (χ2n) is 4.74. The predicted octanol–water partition coefficient (Wildman–Crippen LogP) is 0.860. The number of carbonyl (C=O) groups is 3. The number of anilines is 1. The van der Waals surface area contributed by atoms with Crippen molar-refractivity contribution in [1.29, 1.82) is 0 Å². The number of nitrogens with zero attached hydrogens (tertiary/aromatic N) is 1. The Balaban J connectivity index is 2.72. The van der Waals surface area contributed by atoms with Gasteiger partial charge >= 0.3 is 12.0 Å². The first-order valence-electron chi connectivity index (χ1n) is 6.43. The van der Waals surface area contributed by atoms with E-state index in [0.717, 1.165) is 5.56 Å². The van der Waals surface area contributed by atoms with Gasteiger partial charge in [-0.25, -0.2) is 9.59 Å². The molecule has 0 unspecified atom stereocenters. The molecular formula is C14H19N3O4. The van der Waals surface area contributed by atoms with E-state index >= 15 is 0 Å². The summed E-state index contributed by atoms with van der Waals surface area (Å²) in [6, 6.07) is 5.53. The van der Waals surface area contributed by atoms with E-state index in [-0.39, 0.29) is 12.8 Å². The van der Waals surface area contributed by atoms with E-state index in [1.807, 2.05) is 13.0 Å². The van der Waals surface area contributed by atoms with Gasteiger partial charge in [0.2, 0.25) is 5.91 Å². The van der Waals surface area contributed by atoms with Crippen LogP contribution in [0.2, 0.25) is 0 Å². The second kappa shape index (κ2) is 7.28. The summed E-state index contributed by atoms with van der Waals surface area (Å²) in [4.78, 5) is 35.1. The van der Waals surface area contributed by atoms with Gasteiger partial charge in [0.05, 0.1) is 0 Å². The number of aliphatic carboxylic acids is 1. The molecule has 0 aliphatic rings. The molecule has 0 fully saturated rings. The van der Waals surface area contributed by atoms with E-state index in [1.54, 1.807) is 18.2 Å². The Morgan fingerprint density at radius 1 is 1.38 bits per heavy atom. The lowest BCUT2D eigenvalue weighted by Gasteiger charge is -2.21. The van der Waals surface area contributed by atoms with Crippen LogP contribution in [0.1, 0.15) is 18.4 Å². The van der Waals surface area contributed by atoms with E-state index in [2.05, 4.69) is 5.32 Å². The number of carbonyl (C=O) groups excluding carboxylic acids is 2. The van der Waals surface area contributed by atoms with Crippen LogP contribution < -0.4 is 16.0 Å². The molecular weight excluding hydrogens is 274 g/mol. The van der Waals surface area contributed by atoms with Crippen molar-refractivity contribution in [2.45, 2.75) is 25.8 Å². The number of carboxylic acids is 1. The zero-order valence-corrected chi connectivity index (χ0v) is 12.0. The van der Waals surface area contributed by atoms with Gasteiger partial charge in [0.1, 0.15) is 6.04 Å². The van der Waals surface area contributed by atoms with Crippen molar-refractivity contribution in [3.63, 3.8) is 0 Å². The fourth-order valence-electron chi connectivity index (χ4n) is 1.74. The highest BCUT2D eigenvalue weighted by Crippen LogP contribution is 2.14. The summed E-state index contributed by atoms with van der Waals surface area (Å²) in [5, 5.41) is 11.4. The quantitative estimate of drug-likeness (QED) is 0.722. The average Bonchev–Trinajstić information content (AvgIpc) is 2.41. The summed E-state index contributed by atoms with van der Waals surface area (Å²) >= 11 is 0. The van der Waals surface area contributed by atoms with Gasteiger partial charge < -0.3 is 16.2 Å². The summed E-state index contributed by atoms with van der Waals surface area (Å²) in [7, 11) is 1.54. The third kappa shape index (κ3) is 5.13. The lowest BCUT2D eigenvalue weighted by Crippen LogP contribution is -2.47. The molecule has 0 aromatic heterocycles. The molecule has 0 saturated carbocycles. The first-order chi connectivity index (χ1) is 9.81. The van der Waals surface area contributed by atoms with Crippen LogP contribution in [0.4, 0.5) is 10.5 Å².